The van der Waals surface area contributed by atoms with Crippen LogP contribution in [0, 0.1) is 11.7 Å². The van der Waals surface area contributed by atoms with Crippen molar-refractivity contribution in [1.82, 2.24) is 15.1 Å². The van der Waals surface area contributed by atoms with Crippen molar-refractivity contribution in [2.45, 2.75) is 26.2 Å². The van der Waals surface area contributed by atoms with Gasteiger partial charge in [-0.15, -0.1) is 0 Å². The number of rotatable bonds is 9. The van der Waals surface area contributed by atoms with Gasteiger partial charge in [0.25, 0.3) is 0 Å². The number of amides is 2. The summed E-state index contributed by atoms with van der Waals surface area (Å²) >= 11 is 0. The van der Waals surface area contributed by atoms with Crippen molar-refractivity contribution < 1.29 is 18.7 Å². The molecule has 31 heavy (non-hydrogen) atoms. The maximum Gasteiger partial charge on any atom is 0.236 e. The van der Waals surface area contributed by atoms with Crippen LogP contribution in [0.2, 0.25) is 0 Å². The van der Waals surface area contributed by atoms with Gasteiger partial charge in [-0.05, 0) is 63.5 Å². The topological polar surface area (TPSA) is 65.1 Å². The van der Waals surface area contributed by atoms with Gasteiger partial charge in [0.2, 0.25) is 11.8 Å². The molecule has 2 aliphatic heterocycles. The lowest BCUT2D eigenvalue weighted by atomic mass is 9.96. The van der Waals surface area contributed by atoms with Crippen LogP contribution in [0.5, 0.6) is 0 Å². The highest BCUT2D eigenvalue weighted by atomic mass is 19.1. The van der Waals surface area contributed by atoms with Crippen molar-refractivity contribution in [2.75, 3.05) is 70.5 Å². The molecule has 1 N–H and O–H groups in total. The van der Waals surface area contributed by atoms with Gasteiger partial charge in [-0.3, -0.25) is 14.5 Å². The molecule has 1 aromatic rings. The summed E-state index contributed by atoms with van der Waals surface area (Å²) in [5.41, 5.74) is 0.992. The van der Waals surface area contributed by atoms with Crippen molar-refractivity contribution in [3.63, 3.8) is 0 Å². The average Bonchev–Trinajstić information content (AvgIpc) is 2.80. The number of likely N-dealkylation sites (tertiary alicyclic amines) is 1. The van der Waals surface area contributed by atoms with E-state index in [2.05, 4.69) is 15.1 Å². The number of nitrogens with zero attached hydrogens (tertiary/aromatic N) is 3. The Kier molecular flexibility index (Phi) is 9.09. The second kappa shape index (κ2) is 12.0. The molecule has 2 amide bonds. The summed E-state index contributed by atoms with van der Waals surface area (Å²) in [6.07, 6.45) is 2.42. The molecular weight excluding hydrogens is 399 g/mol. The number of carbonyl (C=O) groups excluding carboxylic acids is 2. The van der Waals surface area contributed by atoms with Crippen LogP contribution in [0.15, 0.2) is 24.3 Å². The van der Waals surface area contributed by atoms with Gasteiger partial charge in [0.15, 0.2) is 0 Å². The zero-order valence-electron chi connectivity index (χ0n) is 18.5. The summed E-state index contributed by atoms with van der Waals surface area (Å²) in [4.78, 5) is 31.3. The molecule has 0 bridgehead atoms. The first-order valence-electron chi connectivity index (χ1n) is 11.4. The first-order chi connectivity index (χ1) is 15.1. The third-order valence-corrected chi connectivity index (χ3v) is 6.11. The van der Waals surface area contributed by atoms with E-state index >= 15 is 0 Å². The lowest BCUT2D eigenvalue weighted by molar-refractivity contribution is -0.133. The maximum absolute atomic E-state index is 13.1. The van der Waals surface area contributed by atoms with Crippen LogP contribution < -0.4 is 10.2 Å². The zero-order chi connectivity index (χ0) is 22.1. The van der Waals surface area contributed by atoms with E-state index in [4.69, 9.17) is 4.74 Å². The Morgan fingerprint density at radius 1 is 1.06 bits per heavy atom. The second-order valence-electron chi connectivity index (χ2n) is 8.24. The monoisotopic (exact) mass is 434 g/mol. The lowest BCUT2D eigenvalue weighted by Gasteiger charge is -2.38. The molecule has 2 fully saturated rings. The molecule has 2 heterocycles. The number of carbonyl (C=O) groups is 2. The van der Waals surface area contributed by atoms with E-state index in [9.17, 15) is 14.0 Å². The van der Waals surface area contributed by atoms with E-state index < -0.39 is 0 Å². The minimum Gasteiger partial charge on any atom is -0.382 e. The van der Waals surface area contributed by atoms with E-state index in [0.29, 0.717) is 39.4 Å². The molecule has 7 nitrogen and oxygen atoms in total. The van der Waals surface area contributed by atoms with Crippen molar-refractivity contribution in [3.8, 4) is 0 Å². The Hall–Kier alpha value is -2.19. The molecule has 8 heteroatoms. The van der Waals surface area contributed by atoms with Crippen LogP contribution in [-0.2, 0) is 14.3 Å². The summed E-state index contributed by atoms with van der Waals surface area (Å²) in [6, 6.07) is 6.51. The maximum atomic E-state index is 13.1. The molecule has 0 saturated carbocycles. The highest BCUT2D eigenvalue weighted by Crippen LogP contribution is 2.19. The van der Waals surface area contributed by atoms with Gasteiger partial charge in [0, 0.05) is 57.5 Å². The van der Waals surface area contributed by atoms with Crippen molar-refractivity contribution >= 4 is 17.5 Å². The molecule has 0 aromatic heterocycles. The zero-order valence-corrected chi connectivity index (χ0v) is 18.5. The number of hydrogen-bond acceptors (Lipinski definition) is 5. The average molecular weight is 435 g/mol. The van der Waals surface area contributed by atoms with Crippen LogP contribution in [0.4, 0.5) is 10.1 Å². The van der Waals surface area contributed by atoms with Gasteiger partial charge in [0.1, 0.15) is 5.82 Å². The molecule has 2 aliphatic rings. The molecule has 0 radical (unpaired) electrons. The number of benzene rings is 1. The third-order valence-electron chi connectivity index (χ3n) is 6.11. The molecule has 0 unspecified atom stereocenters. The summed E-state index contributed by atoms with van der Waals surface area (Å²) in [7, 11) is 0. The van der Waals surface area contributed by atoms with Gasteiger partial charge < -0.3 is 19.9 Å². The van der Waals surface area contributed by atoms with Crippen LogP contribution in [0.25, 0.3) is 0 Å². The van der Waals surface area contributed by atoms with Crippen LogP contribution in [0.3, 0.4) is 0 Å². The largest absolute Gasteiger partial charge is 0.382 e. The molecule has 2 saturated heterocycles. The van der Waals surface area contributed by atoms with Crippen molar-refractivity contribution in [1.29, 1.82) is 0 Å². The van der Waals surface area contributed by atoms with Gasteiger partial charge in [-0.25, -0.2) is 4.39 Å². The van der Waals surface area contributed by atoms with Gasteiger partial charge in [-0.2, -0.15) is 0 Å². The number of halogens is 1. The summed E-state index contributed by atoms with van der Waals surface area (Å²) in [6.45, 7) is 8.83. The SMILES string of the molecule is CCOCCCNC(=O)C1CCN(CC(=O)N2CCN(c3ccc(F)cc3)CC2)CC1. The number of piperazine rings is 1. The fraction of sp³-hybridized carbons (Fsp3) is 0.652. The number of nitrogens with one attached hydrogen (secondary N) is 1. The molecule has 172 valence electrons. The van der Waals surface area contributed by atoms with Crippen LogP contribution in [-0.4, -0.2) is 87.2 Å². The van der Waals surface area contributed by atoms with Gasteiger partial charge in [-0.1, -0.05) is 0 Å². The van der Waals surface area contributed by atoms with Gasteiger partial charge in [0.05, 0.1) is 6.54 Å². The molecule has 0 spiro atoms. The first kappa shape index (κ1) is 23.5. The Balaban J connectivity index is 1.33. The van der Waals surface area contributed by atoms with E-state index in [1.54, 1.807) is 12.1 Å². The molecule has 1 aromatic carbocycles. The highest BCUT2D eigenvalue weighted by molar-refractivity contribution is 5.79. The first-order valence-corrected chi connectivity index (χ1v) is 11.4. The minimum absolute atomic E-state index is 0.0395. The van der Waals surface area contributed by atoms with Gasteiger partial charge >= 0.3 is 0 Å². The Labute approximate surface area is 184 Å². The smallest absolute Gasteiger partial charge is 0.236 e. The Morgan fingerprint density at radius 3 is 2.39 bits per heavy atom. The lowest BCUT2D eigenvalue weighted by Crippen LogP contribution is -2.52. The van der Waals surface area contributed by atoms with Crippen molar-refractivity contribution in [2.24, 2.45) is 5.92 Å². The predicted molar refractivity (Wildman–Crippen MR) is 118 cm³/mol. The number of piperidine rings is 1. The molecule has 3 rings (SSSR count). The summed E-state index contributed by atoms with van der Waals surface area (Å²) in [5.74, 6) is 0.0788. The fourth-order valence-corrected chi connectivity index (χ4v) is 4.19. The van der Waals surface area contributed by atoms with E-state index in [1.807, 2.05) is 11.8 Å². The Morgan fingerprint density at radius 2 is 1.74 bits per heavy atom. The van der Waals surface area contributed by atoms with E-state index in [-0.39, 0.29) is 23.5 Å². The standard InChI is InChI=1S/C23H35FN4O3/c1-2-31-17-3-10-25-23(30)19-8-11-26(12-9-19)18-22(29)28-15-13-27(14-16-28)21-6-4-20(24)5-7-21/h4-7,19H,2-3,8-18H2,1H3,(H,25,30). The summed E-state index contributed by atoms with van der Waals surface area (Å²) in [5, 5.41) is 3.00. The van der Waals surface area contributed by atoms with Crippen molar-refractivity contribution in [3.05, 3.63) is 30.1 Å². The second-order valence-corrected chi connectivity index (χ2v) is 8.24. The minimum atomic E-state index is -0.236. The fourth-order valence-electron chi connectivity index (χ4n) is 4.19. The summed E-state index contributed by atoms with van der Waals surface area (Å²) < 4.78 is 18.4. The number of ether oxygens (including phenoxy) is 1. The molecule has 0 atom stereocenters. The number of hydrogen-bond donors (Lipinski definition) is 1. The Bertz CT molecular complexity index is 699. The predicted octanol–water partition coefficient (Wildman–Crippen LogP) is 1.73. The number of anilines is 1. The van der Waals surface area contributed by atoms with E-state index in [0.717, 1.165) is 51.1 Å². The highest BCUT2D eigenvalue weighted by Gasteiger charge is 2.28. The molecular formula is C23H35FN4O3. The third kappa shape index (κ3) is 7.18. The quantitative estimate of drug-likeness (QED) is 0.600. The van der Waals surface area contributed by atoms with Crippen LogP contribution in [0.1, 0.15) is 26.2 Å². The normalized spacial score (nSPS) is 18.3. The molecule has 0 aliphatic carbocycles. The van der Waals surface area contributed by atoms with E-state index in [1.165, 1.54) is 12.1 Å². The van der Waals surface area contributed by atoms with Crippen LogP contribution >= 0.6 is 0 Å².